The fourth-order valence-electron chi connectivity index (χ4n) is 2.67. The van der Waals surface area contributed by atoms with Gasteiger partial charge < -0.3 is 4.52 Å². The van der Waals surface area contributed by atoms with Gasteiger partial charge in [0, 0.05) is 38.2 Å². The van der Waals surface area contributed by atoms with Gasteiger partial charge in [-0.05, 0) is 11.6 Å². The van der Waals surface area contributed by atoms with Crippen LogP contribution in [0.5, 0.6) is 0 Å². The van der Waals surface area contributed by atoms with E-state index in [-0.39, 0.29) is 5.43 Å². The van der Waals surface area contributed by atoms with Crippen LogP contribution in [0.4, 0.5) is 0 Å². The molecule has 130 valence electrons. The van der Waals surface area contributed by atoms with E-state index in [1.807, 2.05) is 37.5 Å². The molecular weight excluding hydrogens is 332 g/mol. The molecule has 0 unspecified atom stereocenters. The molecule has 4 aromatic rings. The Morgan fingerprint density at radius 3 is 2.85 bits per heavy atom. The molecule has 0 bridgehead atoms. The lowest BCUT2D eigenvalue weighted by molar-refractivity contribution is 0.394. The molecule has 0 aliphatic rings. The van der Waals surface area contributed by atoms with Crippen molar-refractivity contribution in [2.45, 2.75) is 13.3 Å². The van der Waals surface area contributed by atoms with Crippen LogP contribution in [0.3, 0.4) is 0 Å². The van der Waals surface area contributed by atoms with Crippen LogP contribution < -0.4 is 5.43 Å². The van der Waals surface area contributed by atoms with Crippen molar-refractivity contribution in [3.8, 4) is 17.1 Å². The van der Waals surface area contributed by atoms with Crippen LogP contribution in [-0.4, -0.2) is 29.7 Å². The van der Waals surface area contributed by atoms with E-state index >= 15 is 0 Å². The summed E-state index contributed by atoms with van der Waals surface area (Å²) in [6.45, 7) is 1.75. The van der Waals surface area contributed by atoms with E-state index in [9.17, 15) is 4.79 Å². The minimum absolute atomic E-state index is 0.106. The van der Waals surface area contributed by atoms with E-state index in [4.69, 9.17) is 4.52 Å². The molecule has 1 aromatic carbocycles. The molecule has 0 aliphatic carbocycles. The fourth-order valence-corrected chi connectivity index (χ4v) is 2.67. The molecule has 0 amide bonds. The third kappa shape index (κ3) is 3.16. The number of hydrogen-bond acceptors (Lipinski definition) is 6. The molecule has 0 spiro atoms. The molecule has 26 heavy (non-hydrogen) atoms. The van der Waals surface area contributed by atoms with Crippen LogP contribution in [0.15, 0.2) is 58.2 Å². The molecule has 0 radical (unpaired) electrons. The first-order valence-electron chi connectivity index (χ1n) is 8.06. The Morgan fingerprint density at radius 1 is 1.23 bits per heavy atom. The van der Waals surface area contributed by atoms with Gasteiger partial charge in [-0.15, -0.1) is 0 Å². The van der Waals surface area contributed by atoms with Crippen molar-refractivity contribution in [3.05, 3.63) is 76.3 Å². The first kappa shape index (κ1) is 15.9. The molecule has 0 atom stereocenters. The Hall–Kier alpha value is -3.55. The zero-order valence-electron chi connectivity index (χ0n) is 14.3. The van der Waals surface area contributed by atoms with E-state index in [1.54, 1.807) is 28.7 Å². The zero-order chi connectivity index (χ0) is 18.1. The smallest absolute Gasteiger partial charge is 0.223 e. The van der Waals surface area contributed by atoms with Gasteiger partial charge in [0.2, 0.25) is 17.1 Å². The Labute approximate surface area is 148 Å². The molecule has 4 rings (SSSR count). The fraction of sp³-hybridized carbons (Fsp3) is 0.167. The van der Waals surface area contributed by atoms with Crippen molar-refractivity contribution in [2.24, 2.45) is 7.05 Å². The molecular formula is C18H16N6O2. The van der Waals surface area contributed by atoms with Gasteiger partial charge in [0.25, 0.3) is 0 Å². The highest BCUT2D eigenvalue weighted by Crippen LogP contribution is 2.18. The highest BCUT2D eigenvalue weighted by Gasteiger charge is 2.10. The number of benzene rings is 1. The van der Waals surface area contributed by atoms with Gasteiger partial charge in [-0.1, -0.05) is 23.4 Å². The Bertz CT molecular complexity index is 1120. The van der Waals surface area contributed by atoms with Gasteiger partial charge in [-0.25, -0.2) is 4.68 Å². The lowest BCUT2D eigenvalue weighted by Gasteiger charge is -2.06. The van der Waals surface area contributed by atoms with Crippen molar-refractivity contribution in [1.29, 1.82) is 0 Å². The van der Waals surface area contributed by atoms with Crippen molar-refractivity contribution in [2.75, 3.05) is 0 Å². The number of hydrogen-bond donors (Lipinski definition) is 0. The average Bonchev–Trinajstić information content (AvgIpc) is 3.26. The van der Waals surface area contributed by atoms with E-state index in [2.05, 4.69) is 20.3 Å². The molecule has 0 saturated carbocycles. The highest BCUT2D eigenvalue weighted by molar-refractivity contribution is 5.55. The predicted octanol–water partition coefficient (Wildman–Crippen LogP) is 1.92. The third-order valence-electron chi connectivity index (χ3n) is 3.92. The first-order chi connectivity index (χ1) is 12.6. The van der Waals surface area contributed by atoms with E-state index in [1.165, 1.54) is 6.07 Å². The van der Waals surface area contributed by atoms with Gasteiger partial charge in [-0.2, -0.15) is 15.2 Å². The van der Waals surface area contributed by atoms with Gasteiger partial charge >= 0.3 is 0 Å². The van der Waals surface area contributed by atoms with Crippen molar-refractivity contribution >= 4 is 0 Å². The van der Waals surface area contributed by atoms with Gasteiger partial charge in [0.15, 0.2) is 0 Å². The second-order valence-electron chi connectivity index (χ2n) is 5.96. The van der Waals surface area contributed by atoms with E-state index in [0.29, 0.717) is 23.8 Å². The summed E-state index contributed by atoms with van der Waals surface area (Å²) in [5.74, 6) is 1.03. The predicted molar refractivity (Wildman–Crippen MR) is 93.9 cm³/mol. The maximum Gasteiger partial charge on any atom is 0.223 e. The minimum Gasteiger partial charge on any atom is -0.339 e. The molecule has 0 saturated heterocycles. The maximum absolute atomic E-state index is 12.2. The lowest BCUT2D eigenvalue weighted by Crippen LogP contribution is -2.16. The Kier molecular flexibility index (Phi) is 3.92. The number of aryl methyl sites for hydroxylation is 2. The van der Waals surface area contributed by atoms with Gasteiger partial charge in [0.05, 0.1) is 12.4 Å². The van der Waals surface area contributed by atoms with Crippen LogP contribution >= 0.6 is 0 Å². The largest absolute Gasteiger partial charge is 0.339 e. The SMILES string of the molecule is Cc1nc(-c2cccc(Cc3nn(-c4cnn(C)c4)ccc3=O)c2)no1. The molecule has 8 nitrogen and oxygen atoms in total. The quantitative estimate of drug-likeness (QED) is 0.559. The molecule has 3 heterocycles. The van der Waals surface area contributed by atoms with Gasteiger partial charge in [-0.3, -0.25) is 9.48 Å². The maximum atomic E-state index is 12.2. The summed E-state index contributed by atoms with van der Waals surface area (Å²) < 4.78 is 8.36. The topological polar surface area (TPSA) is 91.6 Å². The van der Waals surface area contributed by atoms with Crippen molar-refractivity contribution in [3.63, 3.8) is 0 Å². The monoisotopic (exact) mass is 348 g/mol. The average molecular weight is 348 g/mol. The Balaban J connectivity index is 1.66. The number of nitrogens with zero attached hydrogens (tertiary/aromatic N) is 6. The highest BCUT2D eigenvalue weighted by atomic mass is 16.5. The van der Waals surface area contributed by atoms with Crippen LogP contribution in [0.2, 0.25) is 0 Å². The zero-order valence-corrected chi connectivity index (χ0v) is 14.3. The van der Waals surface area contributed by atoms with Crippen LogP contribution in [-0.2, 0) is 13.5 Å². The molecule has 0 aliphatic heterocycles. The van der Waals surface area contributed by atoms with E-state index < -0.39 is 0 Å². The Morgan fingerprint density at radius 2 is 2.12 bits per heavy atom. The summed E-state index contributed by atoms with van der Waals surface area (Å²) in [4.78, 5) is 16.5. The molecule has 8 heteroatoms. The minimum atomic E-state index is -0.106. The molecule has 0 fully saturated rings. The van der Waals surface area contributed by atoms with Gasteiger partial charge in [0.1, 0.15) is 11.4 Å². The second kappa shape index (κ2) is 6.40. The molecule has 0 N–H and O–H groups in total. The normalized spacial score (nSPS) is 11.0. The van der Waals surface area contributed by atoms with Crippen LogP contribution in [0, 0.1) is 6.92 Å². The van der Waals surface area contributed by atoms with E-state index in [0.717, 1.165) is 16.8 Å². The van der Waals surface area contributed by atoms with Crippen LogP contribution in [0.1, 0.15) is 17.1 Å². The summed E-state index contributed by atoms with van der Waals surface area (Å²) in [5.41, 5.74) is 2.93. The first-order valence-corrected chi connectivity index (χ1v) is 8.06. The second-order valence-corrected chi connectivity index (χ2v) is 5.96. The summed E-state index contributed by atoms with van der Waals surface area (Å²) in [6, 6.07) is 9.20. The summed E-state index contributed by atoms with van der Waals surface area (Å²) in [6.07, 6.45) is 5.58. The van der Waals surface area contributed by atoms with Crippen molar-refractivity contribution < 1.29 is 4.52 Å². The lowest BCUT2D eigenvalue weighted by atomic mass is 10.1. The standard InChI is InChI=1S/C18H16N6O2/c1-12-20-18(22-26-12)14-5-3-4-13(8-14)9-16-17(25)6-7-24(21-16)15-10-19-23(2)11-15/h3-8,10-11H,9H2,1-2H3. The number of aromatic nitrogens is 6. The van der Waals surface area contributed by atoms with Crippen LogP contribution in [0.25, 0.3) is 17.1 Å². The number of rotatable bonds is 4. The molecule has 3 aromatic heterocycles. The van der Waals surface area contributed by atoms with Crippen molar-refractivity contribution in [1.82, 2.24) is 29.7 Å². The third-order valence-corrected chi connectivity index (χ3v) is 3.92. The summed E-state index contributed by atoms with van der Waals surface area (Å²) in [7, 11) is 1.83. The summed E-state index contributed by atoms with van der Waals surface area (Å²) in [5, 5.41) is 12.5. The summed E-state index contributed by atoms with van der Waals surface area (Å²) >= 11 is 0.